The molecule has 0 aliphatic carbocycles. The number of carbonyl (C=O) groups excluding carboxylic acids is 2. The average Bonchev–Trinajstić information content (AvgIpc) is 2.60. The van der Waals surface area contributed by atoms with Crippen LogP contribution in [0.1, 0.15) is 15.9 Å². The zero-order valence-electron chi connectivity index (χ0n) is 13.6. The van der Waals surface area contributed by atoms with Crippen molar-refractivity contribution in [2.45, 2.75) is 6.54 Å². The van der Waals surface area contributed by atoms with Gasteiger partial charge in [0.25, 0.3) is 5.91 Å². The van der Waals surface area contributed by atoms with Crippen LogP contribution in [0.15, 0.2) is 48.5 Å². The van der Waals surface area contributed by atoms with Crippen LogP contribution >= 0.6 is 0 Å². The minimum Gasteiger partial charge on any atom is -0.497 e. The number of benzene rings is 2. The molecule has 2 aromatic rings. The Labute approximate surface area is 140 Å². The monoisotopic (exact) mass is 330 g/mol. The van der Waals surface area contributed by atoms with Crippen molar-refractivity contribution in [1.82, 2.24) is 10.2 Å². The van der Waals surface area contributed by atoms with Crippen molar-refractivity contribution >= 4 is 11.8 Å². The highest BCUT2D eigenvalue weighted by Gasteiger charge is 2.14. The van der Waals surface area contributed by atoms with Gasteiger partial charge < -0.3 is 15.0 Å². The van der Waals surface area contributed by atoms with Gasteiger partial charge in [0.15, 0.2) is 0 Å². The largest absolute Gasteiger partial charge is 0.497 e. The topological polar surface area (TPSA) is 58.6 Å². The maximum Gasteiger partial charge on any atom is 0.254 e. The van der Waals surface area contributed by atoms with Crippen LogP contribution in [0.25, 0.3) is 0 Å². The summed E-state index contributed by atoms with van der Waals surface area (Å²) in [4.78, 5) is 25.5. The first-order valence-corrected chi connectivity index (χ1v) is 7.41. The summed E-state index contributed by atoms with van der Waals surface area (Å²) in [5.41, 5.74) is 0.857. The predicted molar refractivity (Wildman–Crippen MR) is 88.2 cm³/mol. The zero-order valence-corrected chi connectivity index (χ0v) is 13.6. The molecule has 24 heavy (non-hydrogen) atoms. The van der Waals surface area contributed by atoms with Crippen LogP contribution in [0.4, 0.5) is 4.39 Å². The maximum atomic E-state index is 13.5. The lowest BCUT2D eigenvalue weighted by Gasteiger charge is -2.18. The molecule has 1 N–H and O–H groups in total. The molecule has 6 heteroatoms. The van der Waals surface area contributed by atoms with E-state index in [1.54, 1.807) is 20.2 Å². The van der Waals surface area contributed by atoms with Crippen molar-refractivity contribution in [3.8, 4) is 5.75 Å². The van der Waals surface area contributed by atoms with E-state index >= 15 is 0 Å². The Morgan fingerprint density at radius 1 is 1.12 bits per heavy atom. The number of likely N-dealkylation sites (N-methyl/N-ethyl adjacent to an activating group) is 1. The number of hydrogen-bond acceptors (Lipinski definition) is 3. The third kappa shape index (κ3) is 4.55. The molecule has 2 amide bonds. The zero-order chi connectivity index (χ0) is 17.5. The van der Waals surface area contributed by atoms with E-state index in [1.165, 1.54) is 23.1 Å². The summed E-state index contributed by atoms with van der Waals surface area (Å²) in [5, 5.41) is 2.43. The number of nitrogens with zero attached hydrogens (tertiary/aromatic N) is 1. The van der Waals surface area contributed by atoms with E-state index in [-0.39, 0.29) is 18.0 Å². The number of nitrogens with one attached hydrogen (secondary N) is 1. The number of carbonyl (C=O) groups is 2. The first kappa shape index (κ1) is 17.5. The van der Waals surface area contributed by atoms with Crippen LogP contribution in [0, 0.1) is 5.82 Å². The second kappa shape index (κ2) is 8.10. The number of rotatable bonds is 6. The first-order valence-electron chi connectivity index (χ1n) is 7.41. The highest BCUT2D eigenvalue weighted by molar-refractivity contribution is 5.96. The summed E-state index contributed by atoms with van der Waals surface area (Å²) in [6, 6.07) is 13.0. The van der Waals surface area contributed by atoms with Crippen LogP contribution in [-0.4, -0.2) is 37.4 Å². The van der Waals surface area contributed by atoms with Crippen molar-refractivity contribution < 1.29 is 18.7 Å². The van der Waals surface area contributed by atoms with Crippen molar-refractivity contribution in [2.75, 3.05) is 20.7 Å². The molecule has 0 atom stereocenters. The van der Waals surface area contributed by atoms with Gasteiger partial charge in [-0.1, -0.05) is 24.3 Å². The number of amides is 2. The molecular formula is C18H19FN2O3. The Morgan fingerprint density at radius 2 is 1.79 bits per heavy atom. The minimum absolute atomic E-state index is 0.0805. The molecule has 2 aromatic carbocycles. The third-order valence-electron chi connectivity index (χ3n) is 3.52. The average molecular weight is 330 g/mol. The fraction of sp³-hybridized carbons (Fsp3) is 0.222. The van der Waals surface area contributed by atoms with Crippen molar-refractivity contribution in [3.05, 3.63) is 65.5 Å². The first-order chi connectivity index (χ1) is 11.5. The Morgan fingerprint density at radius 3 is 2.42 bits per heavy atom. The molecule has 5 nitrogen and oxygen atoms in total. The highest BCUT2D eigenvalue weighted by Crippen LogP contribution is 2.12. The molecule has 0 aromatic heterocycles. The van der Waals surface area contributed by atoms with Gasteiger partial charge in [0.1, 0.15) is 11.6 Å². The molecular weight excluding hydrogens is 311 g/mol. The summed E-state index contributed by atoms with van der Waals surface area (Å²) < 4.78 is 18.6. The van der Waals surface area contributed by atoms with Crippen LogP contribution in [0.2, 0.25) is 0 Å². The fourth-order valence-corrected chi connectivity index (χ4v) is 2.12. The van der Waals surface area contributed by atoms with Crippen LogP contribution in [0.3, 0.4) is 0 Å². The molecule has 0 aliphatic rings. The van der Waals surface area contributed by atoms with Gasteiger partial charge in [-0.3, -0.25) is 9.59 Å². The van der Waals surface area contributed by atoms with Gasteiger partial charge in [0.05, 0.1) is 19.2 Å². The summed E-state index contributed by atoms with van der Waals surface area (Å²) in [5.74, 6) is -0.756. The minimum atomic E-state index is -0.617. The number of hydrogen-bond donors (Lipinski definition) is 1. The van der Waals surface area contributed by atoms with E-state index in [2.05, 4.69) is 5.32 Å². The normalized spacial score (nSPS) is 10.1. The molecule has 0 aliphatic heterocycles. The Kier molecular flexibility index (Phi) is 5.89. The van der Waals surface area contributed by atoms with E-state index in [4.69, 9.17) is 4.74 Å². The lowest BCUT2D eigenvalue weighted by Crippen LogP contribution is -2.38. The molecule has 0 bridgehead atoms. The van der Waals surface area contributed by atoms with Crippen LogP contribution in [0.5, 0.6) is 5.75 Å². The predicted octanol–water partition coefficient (Wildman–Crippen LogP) is 2.22. The van der Waals surface area contributed by atoms with E-state index in [0.717, 1.165) is 11.3 Å². The quantitative estimate of drug-likeness (QED) is 0.883. The van der Waals surface area contributed by atoms with Crippen LogP contribution < -0.4 is 10.1 Å². The Bertz CT molecular complexity index is 716. The Hall–Kier alpha value is -2.89. The van der Waals surface area contributed by atoms with E-state index < -0.39 is 11.7 Å². The molecule has 0 fully saturated rings. The Balaban J connectivity index is 1.87. The van der Waals surface area contributed by atoms with Gasteiger partial charge in [0, 0.05) is 13.6 Å². The molecule has 0 unspecified atom stereocenters. The van der Waals surface area contributed by atoms with Gasteiger partial charge in [-0.25, -0.2) is 4.39 Å². The van der Waals surface area contributed by atoms with Crippen LogP contribution in [-0.2, 0) is 11.3 Å². The third-order valence-corrected chi connectivity index (χ3v) is 3.52. The van der Waals surface area contributed by atoms with Gasteiger partial charge in [-0.05, 0) is 29.8 Å². The number of methoxy groups -OCH3 is 1. The van der Waals surface area contributed by atoms with Gasteiger partial charge in [0.2, 0.25) is 5.91 Å². The SMILES string of the molecule is COc1ccc(CN(C)C(=O)CNC(=O)c2ccccc2F)cc1. The molecule has 0 spiro atoms. The second-order valence-corrected chi connectivity index (χ2v) is 5.26. The summed E-state index contributed by atoms with van der Waals surface area (Å²) in [7, 11) is 3.23. The summed E-state index contributed by atoms with van der Waals surface area (Å²) in [6.07, 6.45) is 0. The molecule has 2 rings (SSSR count). The fourth-order valence-electron chi connectivity index (χ4n) is 2.12. The molecule has 0 saturated carbocycles. The smallest absolute Gasteiger partial charge is 0.254 e. The molecule has 126 valence electrons. The van der Waals surface area contributed by atoms with Crippen molar-refractivity contribution in [1.29, 1.82) is 0 Å². The number of halogens is 1. The lowest BCUT2D eigenvalue weighted by molar-refractivity contribution is -0.129. The number of ether oxygens (including phenoxy) is 1. The van der Waals surface area contributed by atoms with E-state index in [0.29, 0.717) is 6.54 Å². The van der Waals surface area contributed by atoms with E-state index in [9.17, 15) is 14.0 Å². The second-order valence-electron chi connectivity index (χ2n) is 5.26. The maximum absolute atomic E-state index is 13.5. The molecule has 0 heterocycles. The molecule has 0 radical (unpaired) electrons. The lowest BCUT2D eigenvalue weighted by atomic mass is 10.2. The van der Waals surface area contributed by atoms with Crippen molar-refractivity contribution in [3.63, 3.8) is 0 Å². The summed E-state index contributed by atoms with van der Waals surface area (Å²) >= 11 is 0. The van der Waals surface area contributed by atoms with Gasteiger partial charge in [-0.2, -0.15) is 0 Å². The van der Waals surface area contributed by atoms with Gasteiger partial charge >= 0.3 is 0 Å². The standard InChI is InChI=1S/C18H19FN2O3/c1-21(12-13-7-9-14(24-2)10-8-13)17(22)11-20-18(23)15-5-3-4-6-16(15)19/h3-10H,11-12H2,1-2H3,(H,20,23). The van der Waals surface area contributed by atoms with Crippen molar-refractivity contribution in [2.24, 2.45) is 0 Å². The highest BCUT2D eigenvalue weighted by atomic mass is 19.1. The molecule has 0 saturated heterocycles. The summed E-state index contributed by atoms with van der Waals surface area (Å²) in [6.45, 7) is 0.207. The van der Waals surface area contributed by atoms with E-state index in [1.807, 2.05) is 24.3 Å². The van der Waals surface area contributed by atoms with Gasteiger partial charge in [-0.15, -0.1) is 0 Å².